The molecule has 25 heavy (non-hydrogen) atoms. The minimum Gasteiger partial charge on any atom is -0.480 e. The molecule has 2 heterocycles. The summed E-state index contributed by atoms with van der Waals surface area (Å²) in [6.07, 6.45) is 0. The van der Waals surface area contributed by atoms with E-state index in [0.717, 1.165) is 5.56 Å². The first-order valence-corrected chi connectivity index (χ1v) is 8.91. The molecule has 3 rings (SSSR count). The van der Waals surface area contributed by atoms with Gasteiger partial charge in [0.25, 0.3) is 10.0 Å². The number of nitrogens with one attached hydrogen (secondary N) is 2. The Morgan fingerprint density at radius 1 is 1.12 bits per heavy atom. The van der Waals surface area contributed by atoms with Crippen LogP contribution in [0.5, 0.6) is 5.88 Å². The summed E-state index contributed by atoms with van der Waals surface area (Å²) in [6, 6.07) is 10.4. The molecule has 0 spiro atoms. The number of nitrogens with zero attached hydrogens (tertiary/aromatic N) is 3. The Balaban J connectivity index is 1.91. The molecule has 0 bridgehead atoms. The number of aromatic nitrogens is 4. The molecule has 0 radical (unpaired) electrons. The van der Waals surface area contributed by atoms with E-state index in [9.17, 15) is 8.42 Å². The van der Waals surface area contributed by atoms with Crippen molar-refractivity contribution in [2.24, 2.45) is 0 Å². The molecule has 9 heteroatoms. The molecule has 0 atom stereocenters. The van der Waals surface area contributed by atoms with Gasteiger partial charge in [0.15, 0.2) is 0 Å². The van der Waals surface area contributed by atoms with E-state index in [0.29, 0.717) is 28.6 Å². The third-order valence-corrected chi connectivity index (χ3v) is 5.23. The fraction of sp³-hybridized carbons (Fsp3) is 0.188. The van der Waals surface area contributed by atoms with Gasteiger partial charge in [-0.25, -0.2) is 8.42 Å². The lowest BCUT2D eigenvalue weighted by Crippen LogP contribution is -2.14. The molecule has 0 saturated heterocycles. The summed E-state index contributed by atoms with van der Waals surface area (Å²) in [5.41, 5.74) is 2.67. The molecule has 2 N–H and O–H groups in total. The minimum absolute atomic E-state index is 0.155. The first-order valence-electron chi connectivity index (χ1n) is 7.43. The lowest BCUT2D eigenvalue weighted by molar-refractivity contribution is 0.392. The molecule has 8 nitrogen and oxygen atoms in total. The number of hydrogen-bond acceptors (Lipinski definition) is 6. The van der Waals surface area contributed by atoms with E-state index in [1.807, 2.05) is 6.07 Å². The van der Waals surface area contributed by atoms with Crippen molar-refractivity contribution in [3.8, 4) is 17.1 Å². The quantitative estimate of drug-likeness (QED) is 0.723. The zero-order valence-corrected chi connectivity index (χ0v) is 14.8. The summed E-state index contributed by atoms with van der Waals surface area (Å²) in [4.78, 5) is 0.155. The molecule has 2 aromatic heterocycles. The van der Waals surface area contributed by atoms with Gasteiger partial charge in [0.2, 0.25) is 5.88 Å². The van der Waals surface area contributed by atoms with Gasteiger partial charge in [0.05, 0.1) is 24.2 Å². The Bertz CT molecular complexity index is 977. The topological polar surface area (TPSA) is 110 Å². The average Bonchev–Trinajstić information content (AvgIpc) is 2.94. The number of sulfonamides is 1. The van der Waals surface area contributed by atoms with Crippen molar-refractivity contribution < 1.29 is 13.2 Å². The predicted octanol–water partition coefficient (Wildman–Crippen LogP) is 2.29. The number of H-pyrrole nitrogens is 1. The number of hydrogen-bond donors (Lipinski definition) is 2. The minimum atomic E-state index is -3.74. The van der Waals surface area contributed by atoms with Crippen molar-refractivity contribution in [1.29, 1.82) is 0 Å². The van der Waals surface area contributed by atoms with Gasteiger partial charge in [-0.1, -0.05) is 12.1 Å². The van der Waals surface area contributed by atoms with Crippen molar-refractivity contribution in [1.82, 2.24) is 20.4 Å². The Kier molecular flexibility index (Phi) is 4.41. The van der Waals surface area contributed by atoms with Crippen molar-refractivity contribution in [2.75, 3.05) is 11.8 Å². The first-order chi connectivity index (χ1) is 11.9. The zero-order valence-electron chi connectivity index (χ0n) is 13.9. The third-order valence-electron chi connectivity index (χ3n) is 3.59. The number of aryl methyl sites for hydroxylation is 2. The second-order valence-corrected chi connectivity index (χ2v) is 7.03. The molecule has 0 fully saturated rings. The van der Waals surface area contributed by atoms with Crippen molar-refractivity contribution in [3.05, 3.63) is 47.8 Å². The highest BCUT2D eigenvalue weighted by molar-refractivity contribution is 7.92. The van der Waals surface area contributed by atoms with Crippen LogP contribution in [0.25, 0.3) is 11.3 Å². The summed E-state index contributed by atoms with van der Waals surface area (Å²) in [5, 5.41) is 14.6. The van der Waals surface area contributed by atoms with E-state index in [-0.39, 0.29) is 4.90 Å². The van der Waals surface area contributed by atoms with Gasteiger partial charge in [-0.3, -0.25) is 9.82 Å². The van der Waals surface area contributed by atoms with Crippen LogP contribution in [-0.4, -0.2) is 35.9 Å². The number of aromatic amines is 1. The second kappa shape index (κ2) is 6.52. The van der Waals surface area contributed by atoms with E-state index in [2.05, 4.69) is 25.1 Å². The van der Waals surface area contributed by atoms with Crippen LogP contribution in [0.2, 0.25) is 0 Å². The van der Waals surface area contributed by atoms with Gasteiger partial charge in [-0.05, 0) is 32.0 Å². The van der Waals surface area contributed by atoms with Crippen molar-refractivity contribution >= 4 is 15.7 Å². The molecule has 3 aromatic rings. The molecule has 0 unspecified atom stereocenters. The predicted molar refractivity (Wildman–Crippen MR) is 92.9 cm³/mol. The standard InChI is InChI=1S/C16H17N5O3S/c1-10-16(11(2)18-17-10)25(22,23)21-13-6-4-5-12(9-13)14-7-8-15(24-3)20-19-14/h4-9,21H,1-3H3,(H,17,18). The monoisotopic (exact) mass is 359 g/mol. The summed E-state index contributed by atoms with van der Waals surface area (Å²) >= 11 is 0. The van der Waals surface area contributed by atoms with E-state index in [1.165, 1.54) is 7.11 Å². The van der Waals surface area contributed by atoms with E-state index >= 15 is 0 Å². The van der Waals surface area contributed by atoms with Gasteiger partial charge in [-0.15, -0.1) is 10.2 Å². The first kappa shape index (κ1) is 16.9. The fourth-order valence-electron chi connectivity index (χ4n) is 2.47. The number of methoxy groups -OCH3 is 1. The van der Waals surface area contributed by atoms with Crippen molar-refractivity contribution in [3.63, 3.8) is 0 Å². The van der Waals surface area contributed by atoms with E-state index in [4.69, 9.17) is 4.74 Å². The summed E-state index contributed by atoms with van der Waals surface area (Å²) < 4.78 is 32.8. The van der Waals surface area contributed by atoms with Crippen LogP contribution in [0, 0.1) is 13.8 Å². The molecular formula is C16H17N5O3S. The number of rotatable bonds is 5. The highest BCUT2D eigenvalue weighted by atomic mass is 32.2. The second-order valence-electron chi connectivity index (χ2n) is 5.41. The van der Waals surface area contributed by atoms with Gasteiger partial charge >= 0.3 is 0 Å². The van der Waals surface area contributed by atoms with Crippen LogP contribution in [0.4, 0.5) is 5.69 Å². The Labute approximate surface area is 145 Å². The average molecular weight is 359 g/mol. The summed E-state index contributed by atoms with van der Waals surface area (Å²) in [7, 11) is -2.23. The third kappa shape index (κ3) is 3.45. The van der Waals surface area contributed by atoms with Gasteiger partial charge in [0.1, 0.15) is 4.90 Å². The Morgan fingerprint density at radius 2 is 1.92 bits per heavy atom. The Morgan fingerprint density at radius 3 is 2.52 bits per heavy atom. The molecule has 0 aliphatic heterocycles. The molecule has 1 aromatic carbocycles. The Hall–Kier alpha value is -2.94. The molecule has 0 amide bonds. The summed E-state index contributed by atoms with van der Waals surface area (Å²) in [5.74, 6) is 0.409. The van der Waals surface area contributed by atoms with Gasteiger partial charge < -0.3 is 4.74 Å². The number of benzene rings is 1. The highest BCUT2D eigenvalue weighted by Crippen LogP contribution is 2.25. The maximum absolute atomic E-state index is 12.6. The lowest BCUT2D eigenvalue weighted by Gasteiger charge is -2.09. The number of anilines is 1. The van der Waals surface area contributed by atoms with E-state index in [1.54, 1.807) is 44.2 Å². The highest BCUT2D eigenvalue weighted by Gasteiger charge is 2.22. The lowest BCUT2D eigenvalue weighted by atomic mass is 10.1. The van der Waals surface area contributed by atoms with Crippen LogP contribution in [0.15, 0.2) is 41.3 Å². The molecule has 0 aliphatic carbocycles. The maximum atomic E-state index is 12.6. The van der Waals surface area contributed by atoms with Crippen LogP contribution in [-0.2, 0) is 10.0 Å². The zero-order chi connectivity index (χ0) is 18.0. The number of ether oxygens (including phenoxy) is 1. The maximum Gasteiger partial charge on any atom is 0.265 e. The van der Waals surface area contributed by atoms with Gasteiger partial charge in [0, 0.05) is 17.3 Å². The van der Waals surface area contributed by atoms with Gasteiger partial charge in [-0.2, -0.15) is 5.10 Å². The van der Waals surface area contributed by atoms with Crippen LogP contribution in [0.3, 0.4) is 0 Å². The summed E-state index contributed by atoms with van der Waals surface area (Å²) in [6.45, 7) is 3.30. The fourth-order valence-corrected chi connectivity index (χ4v) is 3.89. The molecule has 130 valence electrons. The van der Waals surface area contributed by atoms with Crippen LogP contribution >= 0.6 is 0 Å². The smallest absolute Gasteiger partial charge is 0.265 e. The largest absolute Gasteiger partial charge is 0.480 e. The molecule has 0 saturated carbocycles. The normalized spacial score (nSPS) is 11.3. The molecular weight excluding hydrogens is 342 g/mol. The molecule has 0 aliphatic rings. The van der Waals surface area contributed by atoms with Crippen LogP contribution < -0.4 is 9.46 Å². The van der Waals surface area contributed by atoms with E-state index < -0.39 is 10.0 Å². The SMILES string of the molecule is COc1ccc(-c2cccc(NS(=O)(=O)c3c(C)n[nH]c3C)c2)nn1. The van der Waals surface area contributed by atoms with Crippen molar-refractivity contribution in [2.45, 2.75) is 18.7 Å². The van der Waals surface area contributed by atoms with Crippen LogP contribution in [0.1, 0.15) is 11.4 Å².